The van der Waals surface area contributed by atoms with Gasteiger partial charge in [0.05, 0.1) is 0 Å². The molecule has 2 rings (SSSR count). The largest absolute Gasteiger partial charge is 0.369 e. The first-order valence-electron chi connectivity index (χ1n) is 6.08. The van der Waals surface area contributed by atoms with Gasteiger partial charge in [-0.2, -0.15) is 16.7 Å². The highest BCUT2D eigenvalue weighted by atomic mass is 32.2. The summed E-state index contributed by atoms with van der Waals surface area (Å²) < 4.78 is 0.407. The first-order valence-corrected chi connectivity index (χ1v) is 7.30. The molecular formula is C12H20N4S. The SMILES string of the molecule is CNc1nccc(NCC2(SC)CCCC2)n1. The molecule has 0 atom stereocenters. The Morgan fingerprint density at radius 1 is 1.41 bits per heavy atom. The highest BCUT2D eigenvalue weighted by molar-refractivity contribution is 8.00. The average molecular weight is 252 g/mol. The van der Waals surface area contributed by atoms with Gasteiger partial charge in [-0.15, -0.1) is 0 Å². The number of aromatic nitrogens is 2. The Labute approximate surface area is 107 Å². The lowest BCUT2D eigenvalue weighted by Crippen LogP contribution is -2.30. The van der Waals surface area contributed by atoms with Gasteiger partial charge in [-0.05, 0) is 25.2 Å². The Morgan fingerprint density at radius 2 is 2.18 bits per heavy atom. The highest BCUT2D eigenvalue weighted by Crippen LogP contribution is 2.40. The summed E-state index contributed by atoms with van der Waals surface area (Å²) in [6.07, 6.45) is 9.33. The number of nitrogens with zero attached hydrogens (tertiary/aromatic N) is 2. The van der Waals surface area contributed by atoms with Crippen LogP contribution >= 0.6 is 11.8 Å². The monoisotopic (exact) mass is 252 g/mol. The average Bonchev–Trinajstić information content (AvgIpc) is 2.86. The number of hydrogen-bond acceptors (Lipinski definition) is 5. The summed E-state index contributed by atoms with van der Waals surface area (Å²) >= 11 is 1.99. The number of hydrogen-bond donors (Lipinski definition) is 2. The highest BCUT2D eigenvalue weighted by Gasteiger charge is 2.32. The van der Waals surface area contributed by atoms with E-state index >= 15 is 0 Å². The van der Waals surface area contributed by atoms with Crippen molar-refractivity contribution in [2.45, 2.75) is 30.4 Å². The predicted octanol–water partition coefficient (Wildman–Crippen LogP) is 2.61. The van der Waals surface area contributed by atoms with E-state index in [2.05, 4.69) is 26.9 Å². The normalized spacial score (nSPS) is 18.0. The third kappa shape index (κ3) is 3.03. The van der Waals surface area contributed by atoms with Crippen molar-refractivity contribution in [2.75, 3.05) is 30.5 Å². The molecule has 17 heavy (non-hydrogen) atoms. The molecule has 1 aromatic heterocycles. The lowest BCUT2D eigenvalue weighted by molar-refractivity contribution is 0.638. The van der Waals surface area contributed by atoms with Crippen molar-refractivity contribution in [3.63, 3.8) is 0 Å². The van der Waals surface area contributed by atoms with Crippen molar-refractivity contribution in [1.82, 2.24) is 9.97 Å². The lowest BCUT2D eigenvalue weighted by Gasteiger charge is -2.27. The number of nitrogens with one attached hydrogen (secondary N) is 2. The molecule has 0 aliphatic heterocycles. The van der Waals surface area contributed by atoms with E-state index in [0.29, 0.717) is 10.7 Å². The standard InChI is InChI=1S/C12H20N4S/c1-13-11-14-8-5-10(16-11)15-9-12(17-2)6-3-4-7-12/h5,8H,3-4,6-7,9H2,1-2H3,(H2,13,14,15,16). The summed E-state index contributed by atoms with van der Waals surface area (Å²) in [5.74, 6) is 1.57. The van der Waals surface area contributed by atoms with Gasteiger partial charge < -0.3 is 10.6 Å². The van der Waals surface area contributed by atoms with Crippen LogP contribution in [0, 0.1) is 0 Å². The molecule has 1 heterocycles. The van der Waals surface area contributed by atoms with Crippen molar-refractivity contribution in [3.05, 3.63) is 12.3 Å². The summed E-state index contributed by atoms with van der Waals surface area (Å²) in [4.78, 5) is 8.48. The molecule has 0 amide bonds. The summed E-state index contributed by atoms with van der Waals surface area (Å²) in [6, 6.07) is 1.92. The molecule has 5 heteroatoms. The smallest absolute Gasteiger partial charge is 0.224 e. The molecule has 1 aromatic rings. The predicted molar refractivity (Wildman–Crippen MR) is 74.8 cm³/mol. The summed E-state index contributed by atoms with van der Waals surface area (Å²) in [7, 11) is 1.83. The fourth-order valence-electron chi connectivity index (χ4n) is 2.30. The molecule has 94 valence electrons. The molecular weight excluding hydrogens is 232 g/mol. The fourth-order valence-corrected chi connectivity index (χ4v) is 3.22. The van der Waals surface area contributed by atoms with Crippen LogP contribution in [0.5, 0.6) is 0 Å². The molecule has 1 aliphatic rings. The van der Waals surface area contributed by atoms with Crippen molar-refractivity contribution in [2.24, 2.45) is 0 Å². The molecule has 2 N–H and O–H groups in total. The quantitative estimate of drug-likeness (QED) is 0.843. The van der Waals surface area contributed by atoms with Gasteiger partial charge in [0.25, 0.3) is 0 Å². The molecule has 0 bridgehead atoms. The minimum atomic E-state index is 0.407. The van der Waals surface area contributed by atoms with E-state index in [1.165, 1.54) is 25.7 Å². The molecule has 4 nitrogen and oxygen atoms in total. The van der Waals surface area contributed by atoms with Gasteiger partial charge >= 0.3 is 0 Å². The van der Waals surface area contributed by atoms with Crippen LogP contribution < -0.4 is 10.6 Å². The summed E-state index contributed by atoms with van der Waals surface area (Å²) in [5.41, 5.74) is 0. The van der Waals surface area contributed by atoms with Crippen molar-refractivity contribution < 1.29 is 0 Å². The molecule has 0 aromatic carbocycles. The maximum atomic E-state index is 4.38. The van der Waals surface area contributed by atoms with E-state index in [9.17, 15) is 0 Å². The molecule has 1 aliphatic carbocycles. The number of thioether (sulfide) groups is 1. The van der Waals surface area contributed by atoms with Gasteiger partial charge in [0.15, 0.2) is 0 Å². The Morgan fingerprint density at radius 3 is 2.82 bits per heavy atom. The van der Waals surface area contributed by atoms with Crippen molar-refractivity contribution in [1.29, 1.82) is 0 Å². The Bertz CT molecular complexity index is 363. The van der Waals surface area contributed by atoms with Crippen LogP contribution in [0.15, 0.2) is 12.3 Å². The van der Waals surface area contributed by atoms with Gasteiger partial charge in [-0.25, -0.2) is 4.98 Å². The van der Waals surface area contributed by atoms with Crippen LogP contribution in [0.2, 0.25) is 0 Å². The molecule has 0 radical (unpaired) electrons. The van der Waals surface area contributed by atoms with Crippen LogP contribution in [-0.2, 0) is 0 Å². The van der Waals surface area contributed by atoms with Gasteiger partial charge in [0.1, 0.15) is 5.82 Å². The van der Waals surface area contributed by atoms with E-state index in [-0.39, 0.29) is 0 Å². The second-order valence-electron chi connectivity index (χ2n) is 4.46. The van der Waals surface area contributed by atoms with Gasteiger partial charge in [-0.3, -0.25) is 0 Å². The maximum Gasteiger partial charge on any atom is 0.224 e. The zero-order valence-corrected chi connectivity index (χ0v) is 11.3. The summed E-state index contributed by atoms with van der Waals surface area (Å²) in [6.45, 7) is 0.994. The lowest BCUT2D eigenvalue weighted by atomic mass is 10.1. The number of rotatable bonds is 5. The first-order chi connectivity index (χ1) is 8.28. The zero-order valence-electron chi connectivity index (χ0n) is 10.5. The maximum absolute atomic E-state index is 4.38. The summed E-state index contributed by atoms with van der Waals surface area (Å²) in [5, 5.41) is 6.39. The second kappa shape index (κ2) is 5.58. The van der Waals surface area contributed by atoms with Gasteiger partial charge in [0, 0.05) is 24.5 Å². The van der Waals surface area contributed by atoms with Crippen LogP contribution in [0.25, 0.3) is 0 Å². The van der Waals surface area contributed by atoms with Gasteiger partial charge in [0.2, 0.25) is 5.95 Å². The van der Waals surface area contributed by atoms with E-state index in [0.717, 1.165) is 12.4 Å². The van der Waals surface area contributed by atoms with Gasteiger partial charge in [-0.1, -0.05) is 12.8 Å². The van der Waals surface area contributed by atoms with E-state index in [1.54, 1.807) is 6.20 Å². The van der Waals surface area contributed by atoms with E-state index < -0.39 is 0 Å². The van der Waals surface area contributed by atoms with Crippen molar-refractivity contribution in [3.8, 4) is 0 Å². The zero-order chi connectivity index (χ0) is 12.1. The molecule has 0 spiro atoms. The minimum absolute atomic E-state index is 0.407. The molecule has 1 saturated carbocycles. The van der Waals surface area contributed by atoms with Crippen LogP contribution in [0.1, 0.15) is 25.7 Å². The van der Waals surface area contributed by atoms with Crippen molar-refractivity contribution >= 4 is 23.5 Å². The Hall–Kier alpha value is -0.970. The Kier molecular flexibility index (Phi) is 4.10. The minimum Gasteiger partial charge on any atom is -0.369 e. The molecule has 0 unspecified atom stereocenters. The Balaban J connectivity index is 1.96. The van der Waals surface area contributed by atoms with E-state index in [4.69, 9.17) is 0 Å². The second-order valence-corrected chi connectivity index (χ2v) is 5.74. The molecule has 0 saturated heterocycles. The number of anilines is 2. The van der Waals surface area contributed by atoms with E-state index in [1.807, 2.05) is 24.9 Å². The third-order valence-electron chi connectivity index (χ3n) is 3.42. The topological polar surface area (TPSA) is 49.8 Å². The molecule has 1 fully saturated rings. The van der Waals surface area contributed by atoms with Crippen LogP contribution in [0.4, 0.5) is 11.8 Å². The van der Waals surface area contributed by atoms with Crippen LogP contribution in [-0.4, -0.2) is 34.6 Å². The fraction of sp³-hybridized carbons (Fsp3) is 0.667. The van der Waals surface area contributed by atoms with Crippen LogP contribution in [0.3, 0.4) is 0 Å². The third-order valence-corrected chi connectivity index (χ3v) is 4.84. The first kappa shape index (κ1) is 12.5.